The first-order valence-electron chi connectivity index (χ1n) is 7.82. The van der Waals surface area contributed by atoms with Crippen LogP contribution in [0.5, 0.6) is 0 Å². The van der Waals surface area contributed by atoms with Crippen LogP contribution in [0.1, 0.15) is 24.5 Å². The molecule has 21 heavy (non-hydrogen) atoms. The average Bonchev–Trinajstić information content (AvgIpc) is 2.98. The lowest BCUT2D eigenvalue weighted by Crippen LogP contribution is -2.40. The number of hydrogen-bond donors (Lipinski definition) is 1. The highest BCUT2D eigenvalue weighted by molar-refractivity contribution is 5.77. The fraction of sp³-hybridized carbons (Fsp3) is 0.786. The molecule has 1 amide bonds. The molecule has 1 aromatic heterocycles. The van der Waals surface area contributed by atoms with Gasteiger partial charge in [-0.3, -0.25) is 9.69 Å². The third-order valence-corrected chi connectivity index (χ3v) is 4.28. The first kappa shape index (κ1) is 14.5. The number of likely N-dealkylation sites (N-methyl/N-ethyl adjacent to an activating group) is 1. The van der Waals surface area contributed by atoms with E-state index in [9.17, 15) is 4.79 Å². The second kappa shape index (κ2) is 6.53. The van der Waals surface area contributed by atoms with Crippen molar-refractivity contribution >= 4 is 5.91 Å². The summed E-state index contributed by atoms with van der Waals surface area (Å²) in [7, 11) is 1.86. The van der Waals surface area contributed by atoms with Crippen molar-refractivity contribution in [3.8, 4) is 0 Å². The Morgan fingerprint density at radius 1 is 1.24 bits per heavy atom. The van der Waals surface area contributed by atoms with Crippen LogP contribution < -0.4 is 5.32 Å². The predicted octanol–water partition coefficient (Wildman–Crippen LogP) is -0.522. The number of rotatable bonds is 4. The largest absolute Gasteiger partial charge is 0.337 e. The van der Waals surface area contributed by atoms with Crippen molar-refractivity contribution < 1.29 is 4.79 Å². The second-order valence-electron chi connectivity index (χ2n) is 5.92. The second-order valence-corrected chi connectivity index (χ2v) is 5.92. The van der Waals surface area contributed by atoms with E-state index in [-0.39, 0.29) is 5.91 Å². The van der Waals surface area contributed by atoms with E-state index in [4.69, 9.17) is 0 Å². The molecule has 0 bridgehead atoms. The Bertz CT molecular complexity index is 492. The fourth-order valence-corrected chi connectivity index (χ4v) is 3.00. The molecule has 1 fully saturated rings. The molecule has 0 saturated carbocycles. The minimum absolute atomic E-state index is 0.159. The van der Waals surface area contributed by atoms with Crippen LogP contribution in [0.3, 0.4) is 0 Å². The van der Waals surface area contributed by atoms with Crippen LogP contribution >= 0.6 is 0 Å². The van der Waals surface area contributed by atoms with E-state index in [1.165, 1.54) is 0 Å². The zero-order valence-corrected chi connectivity index (χ0v) is 12.7. The minimum Gasteiger partial charge on any atom is -0.337 e. The molecule has 2 aliphatic heterocycles. The molecule has 0 aromatic carbocycles. The highest BCUT2D eigenvalue weighted by Crippen LogP contribution is 2.15. The van der Waals surface area contributed by atoms with Crippen molar-refractivity contribution in [2.75, 3.05) is 39.8 Å². The highest BCUT2D eigenvalue weighted by Gasteiger charge is 2.21. The van der Waals surface area contributed by atoms with E-state index in [2.05, 4.69) is 25.0 Å². The van der Waals surface area contributed by atoms with Crippen LogP contribution in [-0.2, 0) is 24.3 Å². The topological polar surface area (TPSA) is 66.3 Å². The summed E-state index contributed by atoms with van der Waals surface area (Å²) in [5, 5.41) is 11.8. The van der Waals surface area contributed by atoms with E-state index in [1.807, 2.05) is 7.05 Å². The van der Waals surface area contributed by atoms with Gasteiger partial charge in [-0.2, -0.15) is 0 Å². The highest BCUT2D eigenvalue weighted by atomic mass is 16.2. The summed E-state index contributed by atoms with van der Waals surface area (Å²) in [5.41, 5.74) is 0. The lowest BCUT2D eigenvalue weighted by molar-refractivity contribution is -0.131. The van der Waals surface area contributed by atoms with Gasteiger partial charge in [0.1, 0.15) is 5.82 Å². The number of nitrogens with one attached hydrogen (secondary N) is 1. The molecule has 1 aromatic rings. The Morgan fingerprint density at radius 3 is 3.05 bits per heavy atom. The van der Waals surface area contributed by atoms with Crippen molar-refractivity contribution in [1.29, 1.82) is 0 Å². The number of aromatic nitrogens is 3. The summed E-state index contributed by atoms with van der Waals surface area (Å²) >= 11 is 0. The maximum absolute atomic E-state index is 12.4. The normalized spacial score (nSPS) is 19.3. The van der Waals surface area contributed by atoms with Gasteiger partial charge in [0.2, 0.25) is 5.91 Å². The third kappa shape index (κ3) is 3.41. The van der Waals surface area contributed by atoms with Gasteiger partial charge < -0.3 is 14.8 Å². The summed E-state index contributed by atoms with van der Waals surface area (Å²) in [6.07, 6.45) is 3.25. The standard InChI is InChI=1S/C14H24N6O/c1-18(10-13-17-16-12-4-2-8-20(12)13)14(21)11-19-7-3-5-15-6-9-19/h15H,2-11H2,1H3. The van der Waals surface area contributed by atoms with Crippen molar-refractivity contribution in [2.24, 2.45) is 0 Å². The van der Waals surface area contributed by atoms with Crippen LogP contribution in [0.2, 0.25) is 0 Å². The van der Waals surface area contributed by atoms with E-state index in [1.54, 1.807) is 4.90 Å². The van der Waals surface area contributed by atoms with Gasteiger partial charge in [0, 0.05) is 33.1 Å². The number of hydrogen-bond acceptors (Lipinski definition) is 5. The van der Waals surface area contributed by atoms with Crippen molar-refractivity contribution in [2.45, 2.75) is 32.4 Å². The molecule has 0 radical (unpaired) electrons. The molecule has 1 N–H and O–H groups in total. The maximum atomic E-state index is 12.4. The Kier molecular flexibility index (Phi) is 4.50. The van der Waals surface area contributed by atoms with E-state index < -0.39 is 0 Å². The quantitative estimate of drug-likeness (QED) is 0.809. The number of amides is 1. The molecular formula is C14H24N6O. The summed E-state index contributed by atoms with van der Waals surface area (Å²) in [5.74, 6) is 2.13. The average molecular weight is 292 g/mol. The van der Waals surface area contributed by atoms with Gasteiger partial charge in [-0.15, -0.1) is 10.2 Å². The Labute approximate surface area is 125 Å². The van der Waals surface area contributed by atoms with Crippen LogP contribution in [-0.4, -0.2) is 70.2 Å². The molecule has 7 heteroatoms. The fourth-order valence-electron chi connectivity index (χ4n) is 3.00. The smallest absolute Gasteiger partial charge is 0.236 e. The molecular weight excluding hydrogens is 268 g/mol. The van der Waals surface area contributed by atoms with E-state index in [0.29, 0.717) is 13.1 Å². The Morgan fingerprint density at radius 2 is 2.14 bits per heavy atom. The van der Waals surface area contributed by atoms with Crippen LogP contribution in [0, 0.1) is 0 Å². The van der Waals surface area contributed by atoms with Crippen molar-refractivity contribution in [3.63, 3.8) is 0 Å². The molecule has 0 aliphatic carbocycles. The molecule has 7 nitrogen and oxygen atoms in total. The van der Waals surface area contributed by atoms with E-state index >= 15 is 0 Å². The van der Waals surface area contributed by atoms with Gasteiger partial charge >= 0.3 is 0 Å². The summed E-state index contributed by atoms with van der Waals surface area (Å²) < 4.78 is 2.15. The van der Waals surface area contributed by atoms with Crippen molar-refractivity contribution in [1.82, 2.24) is 29.9 Å². The minimum atomic E-state index is 0.159. The molecule has 1 saturated heterocycles. The summed E-state index contributed by atoms with van der Waals surface area (Å²) in [4.78, 5) is 16.4. The summed E-state index contributed by atoms with van der Waals surface area (Å²) in [6, 6.07) is 0. The molecule has 0 atom stereocenters. The number of carbonyl (C=O) groups excluding carboxylic acids is 1. The summed E-state index contributed by atoms with van der Waals surface area (Å²) in [6.45, 7) is 5.99. The molecule has 2 aliphatic rings. The van der Waals surface area contributed by atoms with Gasteiger partial charge in [-0.05, 0) is 25.9 Å². The Hall–Kier alpha value is -1.47. The SMILES string of the molecule is CN(Cc1nnc2n1CCC2)C(=O)CN1CCCNCC1. The third-order valence-electron chi connectivity index (χ3n) is 4.28. The number of fused-ring (bicyclic) bond motifs is 1. The number of nitrogens with zero attached hydrogens (tertiary/aromatic N) is 5. The van der Waals surface area contributed by atoms with Crippen LogP contribution in [0.15, 0.2) is 0 Å². The number of aryl methyl sites for hydroxylation is 1. The van der Waals surface area contributed by atoms with Gasteiger partial charge in [0.05, 0.1) is 13.1 Å². The number of carbonyl (C=O) groups is 1. The molecule has 116 valence electrons. The van der Waals surface area contributed by atoms with Gasteiger partial charge in [0.25, 0.3) is 0 Å². The van der Waals surface area contributed by atoms with E-state index in [0.717, 1.165) is 63.6 Å². The molecule has 0 spiro atoms. The van der Waals surface area contributed by atoms with Crippen LogP contribution in [0.4, 0.5) is 0 Å². The molecule has 3 rings (SSSR count). The maximum Gasteiger partial charge on any atom is 0.236 e. The van der Waals surface area contributed by atoms with Crippen molar-refractivity contribution in [3.05, 3.63) is 11.6 Å². The predicted molar refractivity (Wildman–Crippen MR) is 78.7 cm³/mol. The zero-order valence-electron chi connectivity index (χ0n) is 12.7. The lowest BCUT2D eigenvalue weighted by atomic mass is 10.3. The first-order chi connectivity index (χ1) is 10.2. The van der Waals surface area contributed by atoms with Gasteiger partial charge in [0.15, 0.2) is 5.82 Å². The monoisotopic (exact) mass is 292 g/mol. The van der Waals surface area contributed by atoms with Gasteiger partial charge in [-0.25, -0.2) is 0 Å². The van der Waals surface area contributed by atoms with Gasteiger partial charge in [-0.1, -0.05) is 0 Å². The first-order valence-corrected chi connectivity index (χ1v) is 7.82. The molecule has 0 unspecified atom stereocenters. The lowest BCUT2D eigenvalue weighted by Gasteiger charge is -2.23. The Balaban J connectivity index is 1.54. The van der Waals surface area contributed by atoms with Crippen LogP contribution in [0.25, 0.3) is 0 Å². The molecule has 3 heterocycles. The zero-order chi connectivity index (χ0) is 14.7.